The van der Waals surface area contributed by atoms with E-state index in [1.807, 2.05) is 6.26 Å². The first kappa shape index (κ1) is 24.4. The largest absolute Gasteiger partial charge is 0.465 e. The molecule has 1 aliphatic heterocycles. The zero-order valence-electron chi connectivity index (χ0n) is 17.9. The van der Waals surface area contributed by atoms with Crippen LogP contribution in [0, 0.1) is 0 Å². The number of nitrogens with one attached hydrogen (secondary N) is 1. The molecule has 7 nitrogen and oxygen atoms in total. The molecule has 0 atom stereocenters. The van der Waals surface area contributed by atoms with Crippen molar-refractivity contribution < 1.29 is 22.7 Å². The first-order valence-corrected chi connectivity index (χ1v) is 13.2. The van der Waals surface area contributed by atoms with Crippen molar-refractivity contribution in [2.24, 2.45) is 0 Å². The van der Waals surface area contributed by atoms with Gasteiger partial charge in [-0.15, -0.1) is 11.8 Å². The highest BCUT2D eigenvalue weighted by Gasteiger charge is 2.24. The van der Waals surface area contributed by atoms with E-state index >= 15 is 0 Å². The van der Waals surface area contributed by atoms with Gasteiger partial charge in [0.15, 0.2) is 0 Å². The van der Waals surface area contributed by atoms with E-state index in [1.54, 1.807) is 11.0 Å². The Morgan fingerprint density at radius 3 is 2.34 bits per heavy atom. The molecule has 0 unspecified atom stereocenters. The van der Waals surface area contributed by atoms with Crippen molar-refractivity contribution in [1.29, 1.82) is 0 Å². The van der Waals surface area contributed by atoms with Gasteiger partial charge in [0.25, 0.3) is 15.9 Å². The number of anilines is 1. The Labute approximate surface area is 197 Å². The van der Waals surface area contributed by atoms with Crippen molar-refractivity contribution in [2.45, 2.75) is 35.5 Å². The van der Waals surface area contributed by atoms with Crippen molar-refractivity contribution in [3.8, 4) is 0 Å². The van der Waals surface area contributed by atoms with Gasteiger partial charge in [-0.25, -0.2) is 13.2 Å². The topological polar surface area (TPSA) is 92.8 Å². The highest BCUT2D eigenvalue weighted by atomic mass is 35.5. The number of carbonyl (C=O) groups is 2. The number of likely N-dealkylation sites (tertiary alicyclic amines) is 1. The van der Waals surface area contributed by atoms with Gasteiger partial charge in [0.05, 0.1) is 28.2 Å². The predicted molar refractivity (Wildman–Crippen MR) is 126 cm³/mol. The number of hydrogen-bond acceptors (Lipinski definition) is 6. The minimum Gasteiger partial charge on any atom is -0.465 e. The molecule has 172 valence electrons. The fourth-order valence-electron chi connectivity index (χ4n) is 3.53. The van der Waals surface area contributed by atoms with E-state index < -0.39 is 16.0 Å². The molecule has 1 saturated heterocycles. The van der Waals surface area contributed by atoms with Gasteiger partial charge in [-0.05, 0) is 55.5 Å². The van der Waals surface area contributed by atoms with Crippen LogP contribution in [0.5, 0.6) is 0 Å². The number of benzene rings is 2. The summed E-state index contributed by atoms with van der Waals surface area (Å²) in [5.41, 5.74) is 0.571. The van der Waals surface area contributed by atoms with Gasteiger partial charge in [-0.1, -0.05) is 24.4 Å². The molecule has 0 spiro atoms. The SMILES string of the molecule is COC(=O)c1cc(NS(=O)(=O)c2ccc(SC)c(C(=O)N3CCCCCC3)c2)ccc1Cl. The fraction of sp³-hybridized carbons (Fsp3) is 0.364. The maximum atomic E-state index is 13.2. The molecule has 0 saturated carbocycles. The molecule has 0 aliphatic carbocycles. The summed E-state index contributed by atoms with van der Waals surface area (Å²) in [4.78, 5) is 27.5. The van der Waals surface area contributed by atoms with Crippen LogP contribution in [-0.4, -0.2) is 51.6 Å². The molecule has 10 heteroatoms. The average Bonchev–Trinajstić information content (AvgIpc) is 3.08. The summed E-state index contributed by atoms with van der Waals surface area (Å²) in [6.45, 7) is 1.34. The van der Waals surface area contributed by atoms with E-state index in [0.717, 1.165) is 30.6 Å². The maximum absolute atomic E-state index is 13.2. The number of ether oxygens (including phenoxy) is 1. The highest BCUT2D eigenvalue weighted by Crippen LogP contribution is 2.28. The third kappa shape index (κ3) is 5.57. The normalized spacial score (nSPS) is 14.5. The minimum absolute atomic E-state index is 0.0389. The van der Waals surface area contributed by atoms with E-state index in [-0.39, 0.29) is 27.1 Å². The molecule has 1 amide bonds. The number of hydrogen-bond donors (Lipinski definition) is 1. The van der Waals surface area contributed by atoms with Gasteiger partial charge in [0, 0.05) is 23.7 Å². The molecule has 32 heavy (non-hydrogen) atoms. The highest BCUT2D eigenvalue weighted by molar-refractivity contribution is 7.98. The summed E-state index contributed by atoms with van der Waals surface area (Å²) >= 11 is 7.41. The Morgan fingerprint density at radius 2 is 1.72 bits per heavy atom. The van der Waals surface area contributed by atoms with Gasteiger partial charge < -0.3 is 9.64 Å². The Hall–Kier alpha value is -2.23. The number of nitrogens with zero attached hydrogens (tertiary/aromatic N) is 1. The van der Waals surface area contributed by atoms with Crippen LogP contribution < -0.4 is 4.72 Å². The quantitative estimate of drug-likeness (QED) is 0.461. The van der Waals surface area contributed by atoms with Crippen LogP contribution in [0.2, 0.25) is 5.02 Å². The van der Waals surface area contributed by atoms with Crippen LogP contribution in [0.4, 0.5) is 5.69 Å². The van der Waals surface area contributed by atoms with Crippen LogP contribution in [-0.2, 0) is 14.8 Å². The molecule has 2 aromatic carbocycles. The van der Waals surface area contributed by atoms with Crippen molar-refractivity contribution in [3.63, 3.8) is 0 Å². The van der Waals surface area contributed by atoms with Crippen molar-refractivity contribution in [1.82, 2.24) is 4.90 Å². The second kappa shape index (κ2) is 10.6. The Bertz CT molecular complexity index is 1110. The first-order chi connectivity index (χ1) is 15.3. The molecular formula is C22H25ClN2O5S2. The molecule has 0 bridgehead atoms. The second-order valence-corrected chi connectivity index (χ2v) is 10.3. The molecule has 1 fully saturated rings. The lowest BCUT2D eigenvalue weighted by Crippen LogP contribution is -2.32. The second-order valence-electron chi connectivity index (χ2n) is 7.36. The third-order valence-electron chi connectivity index (χ3n) is 5.23. The minimum atomic E-state index is -4.02. The molecule has 0 aromatic heterocycles. The smallest absolute Gasteiger partial charge is 0.339 e. The molecule has 1 heterocycles. The molecule has 0 radical (unpaired) electrons. The van der Waals surface area contributed by atoms with E-state index in [9.17, 15) is 18.0 Å². The van der Waals surface area contributed by atoms with Crippen LogP contribution in [0.15, 0.2) is 46.2 Å². The van der Waals surface area contributed by atoms with Crippen LogP contribution >= 0.6 is 23.4 Å². The van der Waals surface area contributed by atoms with Crippen molar-refractivity contribution in [2.75, 3.05) is 31.2 Å². The number of methoxy groups -OCH3 is 1. The predicted octanol–water partition coefficient (Wildman–Crippen LogP) is 4.67. The number of halogens is 1. The summed E-state index contributed by atoms with van der Waals surface area (Å²) in [6.07, 6.45) is 5.92. The summed E-state index contributed by atoms with van der Waals surface area (Å²) in [5.74, 6) is -0.835. The summed E-state index contributed by atoms with van der Waals surface area (Å²) in [7, 11) is -2.81. The van der Waals surface area contributed by atoms with Gasteiger partial charge in [-0.3, -0.25) is 9.52 Å². The van der Waals surface area contributed by atoms with Crippen molar-refractivity contribution in [3.05, 3.63) is 52.5 Å². The molecule has 3 rings (SSSR count). The van der Waals surface area contributed by atoms with Crippen molar-refractivity contribution >= 4 is 50.9 Å². The summed E-state index contributed by atoms with van der Waals surface area (Å²) in [5, 5.41) is 0.148. The van der Waals surface area contributed by atoms with Gasteiger partial charge in [0.2, 0.25) is 0 Å². The number of sulfonamides is 1. The fourth-order valence-corrected chi connectivity index (χ4v) is 5.38. The molecule has 2 aromatic rings. The number of esters is 1. The monoisotopic (exact) mass is 496 g/mol. The lowest BCUT2D eigenvalue weighted by Gasteiger charge is -2.22. The van der Waals surface area contributed by atoms with Crippen LogP contribution in [0.1, 0.15) is 46.4 Å². The number of carbonyl (C=O) groups excluding carboxylic acids is 2. The van der Waals surface area contributed by atoms with E-state index in [1.165, 1.54) is 49.2 Å². The Kier molecular flexibility index (Phi) is 8.08. The first-order valence-electron chi connectivity index (χ1n) is 10.1. The molecule has 1 aliphatic rings. The van der Waals surface area contributed by atoms with E-state index in [0.29, 0.717) is 18.7 Å². The number of amides is 1. The zero-order valence-corrected chi connectivity index (χ0v) is 20.3. The zero-order chi connectivity index (χ0) is 23.3. The molecule has 1 N–H and O–H groups in total. The third-order valence-corrected chi connectivity index (χ3v) is 7.73. The van der Waals surface area contributed by atoms with E-state index in [4.69, 9.17) is 11.6 Å². The average molecular weight is 497 g/mol. The standard InChI is InChI=1S/C22H25ClN2O5S2/c1-30-22(27)17-13-15(7-9-19(17)23)24-32(28,29)16-8-10-20(31-2)18(14-16)21(26)25-11-5-3-4-6-12-25/h7-10,13-14,24H,3-6,11-12H2,1-2H3. The van der Waals surface area contributed by atoms with E-state index in [2.05, 4.69) is 9.46 Å². The maximum Gasteiger partial charge on any atom is 0.339 e. The molecular weight excluding hydrogens is 472 g/mol. The lowest BCUT2D eigenvalue weighted by atomic mass is 10.2. The number of thioether (sulfide) groups is 1. The van der Waals surface area contributed by atoms with Gasteiger partial charge in [-0.2, -0.15) is 0 Å². The van der Waals surface area contributed by atoms with Crippen LogP contribution in [0.25, 0.3) is 0 Å². The Morgan fingerprint density at radius 1 is 1.03 bits per heavy atom. The Balaban J connectivity index is 1.92. The summed E-state index contributed by atoms with van der Waals surface area (Å²) < 4.78 is 33.2. The summed E-state index contributed by atoms with van der Waals surface area (Å²) in [6, 6.07) is 8.70. The van der Waals surface area contributed by atoms with Gasteiger partial charge in [0.1, 0.15) is 0 Å². The lowest BCUT2D eigenvalue weighted by molar-refractivity contribution is 0.0600. The van der Waals surface area contributed by atoms with Crippen LogP contribution in [0.3, 0.4) is 0 Å². The number of rotatable bonds is 6. The van der Waals surface area contributed by atoms with Gasteiger partial charge >= 0.3 is 5.97 Å².